The molecule has 0 saturated carbocycles. The van der Waals surface area contributed by atoms with Gasteiger partial charge < -0.3 is 30.8 Å². The molecule has 6 N–H and O–H groups in total. The van der Waals surface area contributed by atoms with Gasteiger partial charge in [0.05, 0.1) is 17.3 Å². The Bertz CT molecular complexity index is 2530. The second-order valence-corrected chi connectivity index (χ2v) is 11.1. The van der Waals surface area contributed by atoms with Crippen LogP contribution in [0.2, 0.25) is 0 Å². The Hall–Kier alpha value is -5.70. The van der Waals surface area contributed by atoms with Crippen LogP contribution >= 0.6 is 0 Å². The van der Waals surface area contributed by atoms with Gasteiger partial charge in [0.25, 0.3) is 0 Å². The number of hydrogen-bond donors (Lipinski definition) is 3. The molecule has 42 heavy (non-hydrogen) atoms. The van der Waals surface area contributed by atoms with Crippen LogP contribution in [0.4, 0.5) is 0 Å². The molecular formula is C33H26N6O3. The monoisotopic (exact) mass is 554 g/mol. The highest BCUT2D eigenvalue weighted by Gasteiger charge is 2.20. The topological polar surface area (TPSA) is 132 Å². The van der Waals surface area contributed by atoms with Crippen molar-refractivity contribution in [3.63, 3.8) is 0 Å². The Morgan fingerprint density at radius 1 is 0.619 bits per heavy atom. The van der Waals surface area contributed by atoms with E-state index in [1.54, 1.807) is 14.0 Å². The molecule has 6 heterocycles. The highest BCUT2D eigenvalue weighted by molar-refractivity contribution is 6.07. The number of aryl methyl sites for hydroxylation is 1. The van der Waals surface area contributed by atoms with E-state index < -0.39 is 0 Å². The summed E-state index contributed by atoms with van der Waals surface area (Å²) < 4.78 is 23.4. The molecule has 0 aliphatic rings. The number of furan rings is 3. The van der Waals surface area contributed by atoms with Crippen LogP contribution in [0, 0.1) is 6.92 Å². The molecule has 0 spiro atoms. The number of rotatable bonds is 4. The van der Waals surface area contributed by atoms with E-state index in [4.69, 9.17) is 30.8 Å². The molecule has 0 aliphatic heterocycles. The molecule has 3 aromatic carbocycles. The lowest BCUT2D eigenvalue weighted by Gasteiger charge is -2.06. The maximum absolute atomic E-state index is 6.65. The molecule has 0 amide bonds. The smallest absolute Gasteiger partial charge is 0.226 e. The Labute approximate surface area is 237 Å². The first kappa shape index (κ1) is 23.0. The predicted octanol–water partition coefficient (Wildman–Crippen LogP) is 6.42. The normalized spacial score (nSPS) is 12.4. The molecule has 0 atom stereocenters. The summed E-state index contributed by atoms with van der Waals surface area (Å²) in [5.41, 5.74) is 10.6. The maximum atomic E-state index is 6.65. The Morgan fingerprint density at radius 2 is 1.36 bits per heavy atom. The van der Waals surface area contributed by atoms with E-state index in [2.05, 4.69) is 42.5 Å². The van der Waals surface area contributed by atoms with Crippen molar-refractivity contribution < 1.29 is 13.3 Å². The summed E-state index contributed by atoms with van der Waals surface area (Å²) in [6.07, 6.45) is 3.10. The summed E-state index contributed by atoms with van der Waals surface area (Å²) in [4.78, 5) is 0. The minimum absolute atomic E-state index is 0.630. The molecule has 0 saturated heterocycles. The summed E-state index contributed by atoms with van der Waals surface area (Å²) in [6.45, 7) is 1.96. The van der Waals surface area contributed by atoms with Crippen molar-refractivity contribution in [1.29, 1.82) is 0 Å². The average Bonchev–Trinajstić information content (AvgIpc) is 3.79. The van der Waals surface area contributed by atoms with Gasteiger partial charge in [-0.2, -0.15) is 0 Å². The molecule has 0 radical (unpaired) electrons. The van der Waals surface area contributed by atoms with Gasteiger partial charge in [0.15, 0.2) is 11.2 Å². The zero-order chi connectivity index (χ0) is 28.3. The third-order valence-corrected chi connectivity index (χ3v) is 8.56. The maximum Gasteiger partial charge on any atom is 0.226 e. The van der Waals surface area contributed by atoms with Crippen LogP contribution in [0.15, 0.2) is 92.2 Å². The molecule has 0 fully saturated rings. The van der Waals surface area contributed by atoms with Crippen LogP contribution in [0.3, 0.4) is 0 Å². The fraction of sp³-hybridized carbons (Fsp3) is 0.0909. The largest absolute Gasteiger partial charge is 0.454 e. The first-order valence-electron chi connectivity index (χ1n) is 13.8. The summed E-state index contributed by atoms with van der Waals surface area (Å²) >= 11 is 0. The third kappa shape index (κ3) is 3.07. The molecular weight excluding hydrogens is 528 g/mol. The van der Waals surface area contributed by atoms with Crippen molar-refractivity contribution in [3.05, 3.63) is 107 Å². The number of nitrogens with two attached hydrogens (primary N) is 3. The minimum atomic E-state index is 0.630. The quantitative estimate of drug-likeness (QED) is 0.215. The van der Waals surface area contributed by atoms with Gasteiger partial charge in [-0.1, -0.05) is 36.4 Å². The predicted molar refractivity (Wildman–Crippen MR) is 166 cm³/mol. The highest BCUT2D eigenvalue weighted by Crippen LogP contribution is 2.36. The summed E-state index contributed by atoms with van der Waals surface area (Å²) in [5.74, 6) is 19.1. The molecule has 0 unspecified atom stereocenters. The second-order valence-electron chi connectivity index (χ2n) is 11.1. The van der Waals surface area contributed by atoms with Crippen molar-refractivity contribution >= 4 is 66.1 Å². The SMILES string of the molecule is Cc1cc2c3ccc(Cc4cc5oc6cc(Cc7c8c(cn7N)oc7ccccc78)ccc6c5n4N)cc3oc2n1N. The molecule has 6 aromatic heterocycles. The lowest BCUT2D eigenvalue weighted by molar-refractivity contribution is 0.634. The second kappa shape index (κ2) is 7.94. The van der Waals surface area contributed by atoms with Crippen LogP contribution in [-0.2, 0) is 12.8 Å². The first-order valence-corrected chi connectivity index (χ1v) is 13.8. The van der Waals surface area contributed by atoms with Gasteiger partial charge in [-0.15, -0.1) is 0 Å². The summed E-state index contributed by atoms with van der Waals surface area (Å²) in [5, 5.41) is 5.13. The van der Waals surface area contributed by atoms with E-state index in [0.717, 1.165) is 88.6 Å². The van der Waals surface area contributed by atoms with Gasteiger partial charge in [0.2, 0.25) is 5.71 Å². The Kier molecular flexibility index (Phi) is 4.36. The lowest BCUT2D eigenvalue weighted by Crippen LogP contribution is -2.12. The molecule has 9 aromatic rings. The number of nitrogen functional groups attached to an aromatic ring is 3. The highest BCUT2D eigenvalue weighted by atomic mass is 16.3. The zero-order valence-corrected chi connectivity index (χ0v) is 22.7. The van der Waals surface area contributed by atoms with E-state index in [1.807, 2.05) is 43.5 Å². The Balaban J connectivity index is 1.06. The van der Waals surface area contributed by atoms with Crippen molar-refractivity contribution in [2.75, 3.05) is 17.5 Å². The summed E-state index contributed by atoms with van der Waals surface area (Å²) in [6, 6.07) is 24.6. The summed E-state index contributed by atoms with van der Waals surface area (Å²) in [7, 11) is 0. The van der Waals surface area contributed by atoms with Crippen molar-refractivity contribution in [2.24, 2.45) is 0 Å². The van der Waals surface area contributed by atoms with Gasteiger partial charge >= 0.3 is 0 Å². The number of nitrogens with zero attached hydrogens (tertiary/aromatic N) is 3. The van der Waals surface area contributed by atoms with E-state index in [1.165, 1.54) is 0 Å². The number of fused-ring (bicyclic) bond motifs is 9. The third-order valence-electron chi connectivity index (χ3n) is 8.56. The van der Waals surface area contributed by atoms with Crippen LogP contribution in [0.25, 0.3) is 66.1 Å². The van der Waals surface area contributed by atoms with Crippen molar-refractivity contribution in [3.8, 4) is 0 Å². The van der Waals surface area contributed by atoms with Gasteiger partial charge in [-0.05, 0) is 48.4 Å². The van der Waals surface area contributed by atoms with E-state index in [0.29, 0.717) is 18.6 Å². The van der Waals surface area contributed by atoms with Crippen LogP contribution in [0.5, 0.6) is 0 Å². The van der Waals surface area contributed by atoms with Gasteiger partial charge in [-0.3, -0.25) is 9.35 Å². The lowest BCUT2D eigenvalue weighted by atomic mass is 10.0. The minimum Gasteiger partial charge on any atom is -0.454 e. The van der Waals surface area contributed by atoms with Crippen LogP contribution in [-0.4, -0.2) is 14.0 Å². The zero-order valence-electron chi connectivity index (χ0n) is 22.7. The van der Waals surface area contributed by atoms with Gasteiger partial charge in [0, 0.05) is 51.8 Å². The Morgan fingerprint density at radius 3 is 2.21 bits per heavy atom. The first-order chi connectivity index (χ1) is 20.4. The number of hydrogen-bond acceptors (Lipinski definition) is 6. The number of para-hydroxylation sites is 1. The standard InChI is InChI=1S/C33H26N6O3/c1-17-10-24-21-8-6-18(13-27(21)42-33(24)38(17)35)11-20-15-29-32(39(20)36)23-9-7-19(14-28(23)41-29)12-25-31-22-4-2-3-5-26(22)40-30(31)16-37(25)34/h2-10,13-16H,11-12,34-36H2,1H3. The van der Waals surface area contributed by atoms with E-state index >= 15 is 0 Å². The van der Waals surface area contributed by atoms with Crippen LogP contribution in [0.1, 0.15) is 28.2 Å². The van der Waals surface area contributed by atoms with Crippen molar-refractivity contribution in [2.45, 2.75) is 19.8 Å². The fourth-order valence-corrected chi connectivity index (χ4v) is 6.49. The average molecular weight is 555 g/mol. The van der Waals surface area contributed by atoms with Crippen LogP contribution < -0.4 is 17.5 Å². The number of aromatic nitrogens is 3. The number of benzene rings is 3. The van der Waals surface area contributed by atoms with Crippen molar-refractivity contribution in [1.82, 2.24) is 14.0 Å². The molecule has 9 nitrogen and oxygen atoms in total. The molecule has 0 aliphatic carbocycles. The van der Waals surface area contributed by atoms with E-state index in [-0.39, 0.29) is 0 Å². The van der Waals surface area contributed by atoms with Gasteiger partial charge in [-0.25, -0.2) is 4.68 Å². The molecule has 206 valence electrons. The molecule has 9 rings (SSSR count). The van der Waals surface area contributed by atoms with Gasteiger partial charge in [0.1, 0.15) is 22.3 Å². The van der Waals surface area contributed by atoms with E-state index in [9.17, 15) is 0 Å². The molecule has 9 heteroatoms. The molecule has 0 bridgehead atoms. The fourth-order valence-electron chi connectivity index (χ4n) is 6.49.